The van der Waals surface area contributed by atoms with Crippen LogP contribution in [0.15, 0.2) is 58.2 Å². The first-order chi connectivity index (χ1) is 12.9. The number of hydrogen-bond acceptors (Lipinski definition) is 4. The van der Waals surface area contributed by atoms with Crippen molar-refractivity contribution in [2.45, 2.75) is 32.7 Å². The molecule has 0 bridgehead atoms. The molecule has 1 aliphatic carbocycles. The van der Waals surface area contributed by atoms with Crippen LogP contribution in [-0.4, -0.2) is 12.9 Å². The minimum absolute atomic E-state index is 0.0614. The highest BCUT2D eigenvalue weighted by molar-refractivity contribution is 9.10. The van der Waals surface area contributed by atoms with E-state index in [1.54, 1.807) is 7.11 Å². The number of nitrogens with one attached hydrogen (secondary N) is 2. The van der Waals surface area contributed by atoms with E-state index in [1.807, 2.05) is 42.5 Å². The molecule has 140 valence electrons. The number of para-hydroxylation sites is 2. The number of rotatable bonds is 2. The van der Waals surface area contributed by atoms with Gasteiger partial charge in [0.25, 0.3) is 0 Å². The standard InChI is InChI=1S/C22H23BrN2O2/c1-22(2)11-17-20(18(26)12-22)21(14-10-13(23)8-9-19(14)27-3)25-16-7-5-4-6-15(16)24-17/h4-10,21,24-25H,11-12H2,1-3H3. The maximum atomic E-state index is 13.2. The van der Waals surface area contributed by atoms with Crippen LogP contribution >= 0.6 is 15.9 Å². The number of anilines is 2. The van der Waals surface area contributed by atoms with E-state index in [1.165, 1.54) is 0 Å². The molecule has 4 nitrogen and oxygen atoms in total. The molecule has 0 amide bonds. The van der Waals surface area contributed by atoms with Crippen molar-refractivity contribution in [2.24, 2.45) is 5.41 Å². The van der Waals surface area contributed by atoms with Gasteiger partial charge in [-0.25, -0.2) is 0 Å². The number of ether oxygens (including phenoxy) is 1. The number of carbonyl (C=O) groups is 1. The highest BCUT2D eigenvalue weighted by Gasteiger charge is 2.39. The third-order valence-electron chi connectivity index (χ3n) is 5.22. The second-order valence-electron chi connectivity index (χ2n) is 7.97. The quantitative estimate of drug-likeness (QED) is 0.648. The number of halogens is 1. The Balaban J connectivity index is 1.93. The number of Topliss-reactive ketones (excluding diaryl/α,β-unsaturated/α-hetero) is 1. The average Bonchev–Trinajstić information content (AvgIpc) is 2.76. The Labute approximate surface area is 168 Å². The molecule has 0 radical (unpaired) electrons. The van der Waals surface area contributed by atoms with E-state index in [9.17, 15) is 4.79 Å². The van der Waals surface area contributed by atoms with Crippen LogP contribution in [0.2, 0.25) is 0 Å². The summed E-state index contributed by atoms with van der Waals surface area (Å²) in [6, 6.07) is 13.7. The van der Waals surface area contributed by atoms with Crippen molar-refractivity contribution >= 4 is 33.1 Å². The van der Waals surface area contributed by atoms with E-state index in [2.05, 4.69) is 40.4 Å². The molecule has 1 unspecified atom stereocenters. The molecular formula is C22H23BrN2O2. The number of methoxy groups -OCH3 is 1. The van der Waals surface area contributed by atoms with Gasteiger partial charge in [0, 0.05) is 27.7 Å². The van der Waals surface area contributed by atoms with Gasteiger partial charge in [-0.2, -0.15) is 0 Å². The fraction of sp³-hybridized carbons (Fsp3) is 0.318. The summed E-state index contributed by atoms with van der Waals surface area (Å²) < 4.78 is 6.58. The van der Waals surface area contributed by atoms with Gasteiger partial charge in [-0.3, -0.25) is 4.79 Å². The maximum Gasteiger partial charge on any atom is 0.163 e. The van der Waals surface area contributed by atoms with Crippen LogP contribution in [0, 0.1) is 5.41 Å². The summed E-state index contributed by atoms with van der Waals surface area (Å²) >= 11 is 3.56. The minimum Gasteiger partial charge on any atom is -0.496 e. The molecule has 2 aromatic rings. The zero-order valence-corrected chi connectivity index (χ0v) is 17.3. The topological polar surface area (TPSA) is 50.4 Å². The second kappa shape index (κ2) is 6.71. The molecule has 27 heavy (non-hydrogen) atoms. The van der Waals surface area contributed by atoms with E-state index in [0.717, 1.165) is 44.9 Å². The molecule has 5 heteroatoms. The van der Waals surface area contributed by atoms with Crippen LogP contribution in [0.1, 0.15) is 38.3 Å². The smallest absolute Gasteiger partial charge is 0.163 e. The fourth-order valence-electron chi connectivity index (χ4n) is 4.05. The molecule has 1 aliphatic heterocycles. The predicted molar refractivity (Wildman–Crippen MR) is 112 cm³/mol. The Hall–Kier alpha value is -2.27. The molecule has 2 aromatic carbocycles. The van der Waals surface area contributed by atoms with Crippen molar-refractivity contribution in [1.82, 2.24) is 0 Å². The van der Waals surface area contributed by atoms with Crippen LogP contribution < -0.4 is 15.4 Å². The van der Waals surface area contributed by atoms with Crippen LogP contribution in [-0.2, 0) is 4.79 Å². The van der Waals surface area contributed by atoms with Crippen LogP contribution in [0.4, 0.5) is 11.4 Å². The third kappa shape index (κ3) is 3.36. The molecule has 0 saturated heterocycles. The molecule has 4 rings (SSSR count). The molecule has 2 aliphatic rings. The number of allylic oxidation sites excluding steroid dienone is 1. The first kappa shape index (κ1) is 18.1. The Morgan fingerprint density at radius 3 is 2.59 bits per heavy atom. The van der Waals surface area contributed by atoms with Gasteiger partial charge in [-0.1, -0.05) is 41.9 Å². The van der Waals surface area contributed by atoms with Gasteiger partial charge in [0.15, 0.2) is 5.78 Å². The zero-order chi connectivity index (χ0) is 19.2. The molecule has 1 heterocycles. The van der Waals surface area contributed by atoms with Crippen LogP contribution in [0.5, 0.6) is 5.75 Å². The van der Waals surface area contributed by atoms with Crippen molar-refractivity contribution in [3.05, 3.63) is 63.8 Å². The number of hydrogen-bond donors (Lipinski definition) is 2. The molecule has 0 spiro atoms. The summed E-state index contributed by atoms with van der Waals surface area (Å²) in [4.78, 5) is 13.2. The van der Waals surface area contributed by atoms with Gasteiger partial charge in [0.2, 0.25) is 0 Å². The first-order valence-electron chi connectivity index (χ1n) is 9.10. The van der Waals surface area contributed by atoms with E-state index in [0.29, 0.717) is 6.42 Å². The summed E-state index contributed by atoms with van der Waals surface area (Å²) in [5.41, 5.74) is 4.67. The lowest BCUT2D eigenvalue weighted by molar-refractivity contribution is -0.118. The van der Waals surface area contributed by atoms with E-state index in [4.69, 9.17) is 4.74 Å². The summed E-state index contributed by atoms with van der Waals surface area (Å²) in [5.74, 6) is 0.945. The van der Waals surface area contributed by atoms with Crippen LogP contribution in [0.3, 0.4) is 0 Å². The van der Waals surface area contributed by atoms with Gasteiger partial charge in [0.05, 0.1) is 24.5 Å². The van der Waals surface area contributed by atoms with Gasteiger partial charge in [0.1, 0.15) is 5.75 Å². The molecule has 0 fully saturated rings. The summed E-state index contributed by atoms with van der Waals surface area (Å²) in [6.07, 6.45) is 1.37. The predicted octanol–water partition coefficient (Wildman–Crippen LogP) is 5.68. The maximum absolute atomic E-state index is 13.2. The Morgan fingerprint density at radius 2 is 1.85 bits per heavy atom. The average molecular weight is 427 g/mol. The van der Waals surface area contributed by atoms with E-state index >= 15 is 0 Å². The summed E-state index contributed by atoms with van der Waals surface area (Å²) in [5, 5.41) is 7.14. The van der Waals surface area contributed by atoms with Gasteiger partial charge < -0.3 is 15.4 Å². The number of ketones is 1. The second-order valence-corrected chi connectivity index (χ2v) is 8.88. The lowest BCUT2D eigenvalue weighted by Crippen LogP contribution is -2.31. The fourth-order valence-corrected chi connectivity index (χ4v) is 4.43. The highest BCUT2D eigenvalue weighted by Crippen LogP contribution is 2.47. The van der Waals surface area contributed by atoms with Crippen molar-refractivity contribution < 1.29 is 9.53 Å². The largest absolute Gasteiger partial charge is 0.496 e. The molecule has 2 N–H and O–H groups in total. The summed E-state index contributed by atoms with van der Waals surface area (Å²) in [7, 11) is 1.66. The lowest BCUT2D eigenvalue weighted by atomic mass is 9.73. The van der Waals surface area contributed by atoms with Gasteiger partial charge in [-0.05, 0) is 42.2 Å². The number of benzene rings is 2. The Kier molecular flexibility index (Phi) is 4.50. The van der Waals surface area contributed by atoms with Crippen molar-refractivity contribution in [3.63, 3.8) is 0 Å². The van der Waals surface area contributed by atoms with Crippen LogP contribution in [0.25, 0.3) is 0 Å². The molecule has 0 aromatic heterocycles. The highest BCUT2D eigenvalue weighted by atomic mass is 79.9. The number of fused-ring (bicyclic) bond motifs is 1. The van der Waals surface area contributed by atoms with E-state index < -0.39 is 0 Å². The SMILES string of the molecule is COc1ccc(Br)cc1C1Nc2ccccc2NC2=C1C(=O)CC(C)(C)C2. The first-order valence-corrected chi connectivity index (χ1v) is 9.89. The Bertz CT molecular complexity index is 949. The normalized spacial score (nSPS) is 20.7. The monoisotopic (exact) mass is 426 g/mol. The summed E-state index contributed by atoms with van der Waals surface area (Å²) in [6.45, 7) is 4.30. The van der Waals surface area contributed by atoms with E-state index in [-0.39, 0.29) is 17.2 Å². The minimum atomic E-state index is -0.271. The Morgan fingerprint density at radius 1 is 1.11 bits per heavy atom. The van der Waals surface area contributed by atoms with Gasteiger partial charge >= 0.3 is 0 Å². The molecule has 1 atom stereocenters. The number of carbonyl (C=O) groups excluding carboxylic acids is 1. The molecule has 0 saturated carbocycles. The van der Waals surface area contributed by atoms with Crippen molar-refractivity contribution in [2.75, 3.05) is 17.7 Å². The van der Waals surface area contributed by atoms with Crippen molar-refractivity contribution in [3.8, 4) is 5.75 Å². The molecular weight excluding hydrogens is 404 g/mol. The zero-order valence-electron chi connectivity index (χ0n) is 15.7. The van der Waals surface area contributed by atoms with Gasteiger partial charge in [-0.15, -0.1) is 0 Å². The lowest BCUT2D eigenvalue weighted by Gasteiger charge is -2.34. The van der Waals surface area contributed by atoms with Crippen molar-refractivity contribution in [1.29, 1.82) is 0 Å². The third-order valence-corrected chi connectivity index (χ3v) is 5.72.